The summed E-state index contributed by atoms with van der Waals surface area (Å²) in [5.74, 6) is 1.03. The molecule has 31 heavy (non-hydrogen) atoms. The minimum atomic E-state index is -0.291. The Bertz CT molecular complexity index is 1070. The first-order valence-corrected chi connectivity index (χ1v) is 11.0. The number of benzene rings is 2. The van der Waals surface area contributed by atoms with Gasteiger partial charge in [0.2, 0.25) is 0 Å². The van der Waals surface area contributed by atoms with Crippen LogP contribution in [0.4, 0.5) is 0 Å². The van der Waals surface area contributed by atoms with E-state index in [0.717, 1.165) is 11.4 Å². The van der Waals surface area contributed by atoms with Crippen LogP contribution in [-0.4, -0.2) is 39.8 Å². The first-order valence-electron chi connectivity index (χ1n) is 9.67. The Hall–Kier alpha value is -3.04. The zero-order chi connectivity index (χ0) is 22.2. The SMILES string of the molecule is CCOc1cccc(/C=N/NC(=O)CSc2n[nH]c(-c3ccc(Cl)cc3)[n+]2CC)c1O. The molecule has 162 valence electrons. The van der Waals surface area contributed by atoms with Crippen LogP contribution in [0, 0.1) is 0 Å². The molecule has 8 nitrogen and oxygen atoms in total. The Balaban J connectivity index is 1.60. The molecule has 0 aliphatic heterocycles. The van der Waals surface area contributed by atoms with Gasteiger partial charge in [0.25, 0.3) is 11.7 Å². The van der Waals surface area contributed by atoms with E-state index < -0.39 is 0 Å². The van der Waals surface area contributed by atoms with Gasteiger partial charge < -0.3 is 9.84 Å². The molecule has 0 fully saturated rings. The smallest absolute Gasteiger partial charge is 0.337 e. The van der Waals surface area contributed by atoms with Crippen molar-refractivity contribution in [2.24, 2.45) is 5.10 Å². The number of hydrazone groups is 1. The molecule has 3 N–H and O–H groups in total. The highest BCUT2D eigenvalue weighted by Crippen LogP contribution is 2.28. The molecule has 0 saturated carbocycles. The summed E-state index contributed by atoms with van der Waals surface area (Å²) < 4.78 is 7.32. The Kier molecular flexibility index (Phi) is 7.91. The number of thioether (sulfide) groups is 1. The zero-order valence-electron chi connectivity index (χ0n) is 17.1. The number of phenols is 1. The fraction of sp³-hybridized carbons (Fsp3) is 0.238. The van der Waals surface area contributed by atoms with Crippen LogP contribution in [0.15, 0.2) is 52.7 Å². The zero-order valence-corrected chi connectivity index (χ0v) is 18.7. The van der Waals surface area contributed by atoms with Crippen molar-refractivity contribution in [2.75, 3.05) is 12.4 Å². The number of nitrogens with zero attached hydrogens (tertiary/aromatic N) is 3. The van der Waals surface area contributed by atoms with Crippen LogP contribution in [0.5, 0.6) is 11.5 Å². The number of ether oxygens (including phenoxy) is 1. The molecule has 0 unspecified atom stereocenters. The number of nitrogens with one attached hydrogen (secondary N) is 2. The Morgan fingerprint density at radius 3 is 2.81 bits per heavy atom. The van der Waals surface area contributed by atoms with Crippen molar-refractivity contribution >= 4 is 35.5 Å². The summed E-state index contributed by atoms with van der Waals surface area (Å²) in [6.07, 6.45) is 1.37. The maximum absolute atomic E-state index is 12.2. The van der Waals surface area contributed by atoms with Gasteiger partial charge in [0.1, 0.15) is 0 Å². The summed E-state index contributed by atoms with van der Waals surface area (Å²) in [7, 11) is 0. The van der Waals surface area contributed by atoms with Gasteiger partial charge in [0, 0.05) is 10.6 Å². The number of hydrogen-bond donors (Lipinski definition) is 3. The first-order chi connectivity index (χ1) is 15.0. The number of amides is 1. The number of halogens is 1. The van der Waals surface area contributed by atoms with Crippen molar-refractivity contribution in [3.63, 3.8) is 0 Å². The van der Waals surface area contributed by atoms with E-state index in [9.17, 15) is 9.90 Å². The van der Waals surface area contributed by atoms with E-state index in [0.29, 0.717) is 34.6 Å². The van der Waals surface area contributed by atoms with Crippen LogP contribution in [0.1, 0.15) is 19.4 Å². The van der Waals surface area contributed by atoms with E-state index in [-0.39, 0.29) is 17.4 Å². The molecule has 1 heterocycles. The molecular weight excluding hydrogens is 438 g/mol. The van der Waals surface area contributed by atoms with Crippen molar-refractivity contribution in [1.82, 2.24) is 15.6 Å². The van der Waals surface area contributed by atoms with Crippen LogP contribution in [0.25, 0.3) is 11.4 Å². The number of aromatic hydroxyl groups is 1. The van der Waals surface area contributed by atoms with Gasteiger partial charge in [0.05, 0.1) is 35.8 Å². The molecule has 0 aliphatic rings. The summed E-state index contributed by atoms with van der Waals surface area (Å²) in [5.41, 5.74) is 3.86. The number of para-hydroxylation sites is 1. The van der Waals surface area contributed by atoms with Crippen LogP contribution in [0.2, 0.25) is 5.02 Å². The van der Waals surface area contributed by atoms with Crippen LogP contribution < -0.4 is 14.7 Å². The minimum Gasteiger partial charge on any atom is -0.504 e. The van der Waals surface area contributed by atoms with Crippen molar-refractivity contribution in [3.05, 3.63) is 53.1 Å². The number of carbonyl (C=O) groups is 1. The predicted octanol–water partition coefficient (Wildman–Crippen LogP) is 3.38. The molecule has 1 aromatic heterocycles. The van der Waals surface area contributed by atoms with E-state index >= 15 is 0 Å². The third-order valence-electron chi connectivity index (χ3n) is 4.25. The normalized spacial score (nSPS) is 11.1. The lowest BCUT2D eigenvalue weighted by molar-refractivity contribution is -0.719. The molecule has 0 aliphatic carbocycles. The second-order valence-electron chi connectivity index (χ2n) is 6.31. The molecule has 10 heteroatoms. The number of H-pyrrole nitrogens is 1. The largest absolute Gasteiger partial charge is 0.504 e. The Labute approximate surface area is 189 Å². The van der Waals surface area contributed by atoms with Crippen molar-refractivity contribution in [1.29, 1.82) is 0 Å². The van der Waals surface area contributed by atoms with Gasteiger partial charge in [-0.3, -0.25) is 4.79 Å². The number of aromatic amines is 1. The average molecular weight is 461 g/mol. The summed E-state index contributed by atoms with van der Waals surface area (Å²) in [6.45, 7) is 4.96. The standard InChI is InChI=1S/C21H22ClN5O3S/c1-3-27-20(14-8-10-16(22)11-9-14)25-26-21(27)31-13-18(28)24-23-12-15-6-5-7-17(19(15)29)30-4-2/h5-12H,3-4,13H2,1-2H3,(H2,23,24,28,29)/p+1. The molecular formula is C21H23ClN5O3S+. The van der Waals surface area contributed by atoms with E-state index in [1.54, 1.807) is 18.2 Å². The average Bonchev–Trinajstić information content (AvgIpc) is 3.18. The summed E-state index contributed by atoms with van der Waals surface area (Å²) in [6, 6.07) is 12.5. The molecule has 1 amide bonds. The van der Waals surface area contributed by atoms with E-state index in [1.807, 2.05) is 42.7 Å². The fourth-order valence-electron chi connectivity index (χ4n) is 2.80. The Morgan fingerprint density at radius 1 is 1.32 bits per heavy atom. The monoisotopic (exact) mass is 460 g/mol. The van der Waals surface area contributed by atoms with Gasteiger partial charge in [0.15, 0.2) is 11.5 Å². The van der Waals surface area contributed by atoms with Gasteiger partial charge in [-0.1, -0.05) is 17.7 Å². The van der Waals surface area contributed by atoms with Gasteiger partial charge >= 0.3 is 5.16 Å². The van der Waals surface area contributed by atoms with Crippen LogP contribution >= 0.6 is 23.4 Å². The lowest BCUT2D eigenvalue weighted by Gasteiger charge is -2.07. The maximum atomic E-state index is 12.2. The van der Waals surface area contributed by atoms with Gasteiger partial charge in [-0.25, -0.2) is 9.99 Å². The fourth-order valence-corrected chi connectivity index (χ4v) is 3.74. The number of rotatable bonds is 9. The topological polar surface area (TPSA) is 103 Å². The van der Waals surface area contributed by atoms with E-state index in [4.69, 9.17) is 16.3 Å². The van der Waals surface area contributed by atoms with Gasteiger partial charge in [-0.15, -0.1) is 5.10 Å². The highest BCUT2D eigenvalue weighted by molar-refractivity contribution is 7.99. The summed E-state index contributed by atoms with van der Waals surface area (Å²) >= 11 is 7.26. The number of carbonyl (C=O) groups excluding carboxylic acids is 1. The molecule has 3 rings (SSSR count). The minimum absolute atomic E-state index is 0.0213. The Morgan fingerprint density at radius 2 is 2.10 bits per heavy atom. The van der Waals surface area contributed by atoms with Crippen LogP contribution in [0.3, 0.4) is 0 Å². The van der Waals surface area contributed by atoms with Crippen molar-refractivity contribution in [3.8, 4) is 22.9 Å². The third-order valence-corrected chi connectivity index (χ3v) is 5.48. The first kappa shape index (κ1) is 22.6. The molecule has 0 atom stereocenters. The molecule has 2 aromatic carbocycles. The predicted molar refractivity (Wildman–Crippen MR) is 121 cm³/mol. The highest BCUT2D eigenvalue weighted by atomic mass is 35.5. The second-order valence-corrected chi connectivity index (χ2v) is 7.69. The van der Waals surface area contributed by atoms with Gasteiger partial charge in [-0.05, 0) is 62.0 Å². The second kappa shape index (κ2) is 10.8. The molecule has 0 radical (unpaired) electrons. The highest BCUT2D eigenvalue weighted by Gasteiger charge is 2.21. The molecule has 0 saturated heterocycles. The van der Waals surface area contributed by atoms with E-state index in [1.165, 1.54) is 18.0 Å². The summed E-state index contributed by atoms with van der Waals surface area (Å²) in [4.78, 5) is 12.2. The number of hydrogen-bond acceptors (Lipinski definition) is 6. The molecule has 0 bridgehead atoms. The third kappa shape index (κ3) is 5.77. The number of aromatic nitrogens is 3. The van der Waals surface area contributed by atoms with Gasteiger partial charge in [-0.2, -0.15) is 5.10 Å². The van der Waals surface area contributed by atoms with E-state index in [2.05, 4.69) is 20.7 Å². The van der Waals surface area contributed by atoms with Crippen LogP contribution in [-0.2, 0) is 11.3 Å². The van der Waals surface area contributed by atoms with Crippen molar-refractivity contribution < 1.29 is 19.2 Å². The lowest BCUT2D eigenvalue weighted by Crippen LogP contribution is -2.36. The quantitative estimate of drug-likeness (QED) is 0.196. The van der Waals surface area contributed by atoms with Crippen molar-refractivity contribution in [2.45, 2.75) is 25.5 Å². The lowest BCUT2D eigenvalue weighted by atomic mass is 10.2. The summed E-state index contributed by atoms with van der Waals surface area (Å²) in [5, 5.41) is 22.8. The number of phenolic OH excluding ortho intramolecular Hbond substituents is 1. The molecule has 0 spiro atoms. The maximum Gasteiger partial charge on any atom is 0.337 e. The molecule has 3 aromatic rings.